The minimum atomic E-state index is 0. The summed E-state index contributed by atoms with van der Waals surface area (Å²) in [6, 6.07) is 9.51. The third kappa shape index (κ3) is 5.38. The Bertz CT molecular complexity index is 1080. The van der Waals surface area contributed by atoms with Crippen molar-refractivity contribution in [3.63, 3.8) is 0 Å². The van der Waals surface area contributed by atoms with E-state index in [-0.39, 0.29) is 12.4 Å². The molecule has 0 radical (unpaired) electrons. The zero-order valence-corrected chi connectivity index (χ0v) is 23.4. The van der Waals surface area contributed by atoms with Gasteiger partial charge in [-0.3, -0.25) is 0 Å². The van der Waals surface area contributed by atoms with Crippen LogP contribution in [0.1, 0.15) is 110 Å². The predicted molar refractivity (Wildman–Crippen MR) is 137 cm³/mol. The molecule has 0 N–H and O–H groups in total. The summed E-state index contributed by atoms with van der Waals surface area (Å²) in [5.74, 6) is 1.56. The highest BCUT2D eigenvalue weighted by Crippen LogP contribution is 2.32. The number of hydrogen-bond donors (Lipinski definition) is 0. The summed E-state index contributed by atoms with van der Waals surface area (Å²) in [6.45, 7) is 26.0. The average Bonchev–Trinajstić information content (AvgIpc) is 2.95. The zero-order valence-electron chi connectivity index (χ0n) is 22.6. The van der Waals surface area contributed by atoms with Crippen LogP contribution >= 0.6 is 0 Å². The first kappa shape index (κ1) is 27.2. The number of hydrogen-bond acceptors (Lipinski definition) is 0. The lowest BCUT2D eigenvalue weighted by atomic mass is 9.84. The maximum atomic E-state index is 2.46. The standard InChI is InChI=1S/C30H43N2.ClH/c1-18(2)26-14-27(19(3)4)29(28(15-26)20(5)6)16-31-17-32(25(11)24(31)10)30-22(8)12-21(7)13-23(30)9;/h12-15,17-20H,16H2,1-11H3;1H/q+1;/p-1. The van der Waals surface area contributed by atoms with Crippen molar-refractivity contribution < 1.29 is 17.0 Å². The molecule has 0 saturated carbocycles. The second-order valence-corrected chi connectivity index (χ2v) is 10.7. The molecule has 1 aromatic heterocycles. The number of aromatic nitrogens is 2. The number of imidazole rings is 1. The molecule has 0 aliphatic heterocycles. The summed E-state index contributed by atoms with van der Waals surface area (Å²) >= 11 is 0. The molecule has 3 aromatic rings. The molecule has 1 heterocycles. The summed E-state index contributed by atoms with van der Waals surface area (Å²) in [4.78, 5) is 0. The van der Waals surface area contributed by atoms with Gasteiger partial charge in [-0.25, -0.2) is 4.57 Å². The van der Waals surface area contributed by atoms with Gasteiger partial charge in [0.25, 0.3) is 0 Å². The monoisotopic (exact) mass is 466 g/mol. The van der Waals surface area contributed by atoms with Crippen molar-refractivity contribution in [3.8, 4) is 5.69 Å². The highest BCUT2D eigenvalue weighted by Gasteiger charge is 2.24. The summed E-state index contributed by atoms with van der Waals surface area (Å²) < 4.78 is 4.85. The van der Waals surface area contributed by atoms with E-state index in [1.807, 2.05) is 0 Å². The van der Waals surface area contributed by atoms with Crippen LogP contribution in [0.2, 0.25) is 0 Å². The smallest absolute Gasteiger partial charge is 0.249 e. The topological polar surface area (TPSA) is 8.81 Å². The number of aryl methyl sites for hydroxylation is 3. The fraction of sp³-hybridized carbons (Fsp3) is 0.500. The third-order valence-electron chi connectivity index (χ3n) is 7.03. The minimum Gasteiger partial charge on any atom is -1.00 e. The molecule has 2 nitrogen and oxygen atoms in total. The number of benzene rings is 2. The Morgan fingerprint density at radius 3 is 1.64 bits per heavy atom. The molecule has 0 spiro atoms. The lowest BCUT2D eigenvalue weighted by Gasteiger charge is -2.22. The van der Waals surface area contributed by atoms with Crippen molar-refractivity contribution in [3.05, 3.63) is 80.9 Å². The van der Waals surface area contributed by atoms with Crippen LogP contribution in [-0.2, 0) is 6.54 Å². The Balaban J connectivity index is 0.00000385. The zero-order chi connectivity index (χ0) is 23.9. The molecule has 0 saturated heterocycles. The van der Waals surface area contributed by atoms with E-state index in [1.54, 1.807) is 0 Å². The maximum absolute atomic E-state index is 2.46. The van der Waals surface area contributed by atoms with Gasteiger partial charge in [0, 0.05) is 19.4 Å². The van der Waals surface area contributed by atoms with Crippen molar-refractivity contribution >= 4 is 0 Å². The fourth-order valence-electron chi connectivity index (χ4n) is 5.09. The van der Waals surface area contributed by atoms with Crippen LogP contribution in [0.25, 0.3) is 5.69 Å². The average molecular weight is 467 g/mol. The van der Waals surface area contributed by atoms with Gasteiger partial charge in [-0.05, 0) is 66.3 Å². The summed E-state index contributed by atoms with van der Waals surface area (Å²) in [6.07, 6.45) is 2.32. The second-order valence-electron chi connectivity index (χ2n) is 10.7. The summed E-state index contributed by atoms with van der Waals surface area (Å²) in [7, 11) is 0. The van der Waals surface area contributed by atoms with E-state index < -0.39 is 0 Å². The molecule has 3 rings (SSSR count). The molecule has 0 amide bonds. The Labute approximate surface area is 208 Å². The van der Waals surface area contributed by atoms with Crippen molar-refractivity contribution in [1.29, 1.82) is 0 Å². The first-order chi connectivity index (χ1) is 14.9. The van der Waals surface area contributed by atoms with E-state index in [1.165, 1.54) is 56.0 Å². The van der Waals surface area contributed by atoms with E-state index in [4.69, 9.17) is 0 Å². The van der Waals surface area contributed by atoms with Gasteiger partial charge in [0.15, 0.2) is 0 Å². The van der Waals surface area contributed by atoms with Crippen molar-refractivity contribution in [2.45, 2.75) is 100 Å². The van der Waals surface area contributed by atoms with E-state index in [0.29, 0.717) is 17.8 Å². The molecule has 2 aromatic carbocycles. The molecule has 0 atom stereocenters. The van der Waals surface area contributed by atoms with Crippen LogP contribution in [0, 0.1) is 34.6 Å². The largest absolute Gasteiger partial charge is 1.00 e. The molecule has 0 aliphatic rings. The van der Waals surface area contributed by atoms with Crippen LogP contribution in [-0.4, -0.2) is 4.57 Å². The van der Waals surface area contributed by atoms with Gasteiger partial charge < -0.3 is 12.4 Å². The molecule has 0 aliphatic carbocycles. The lowest BCUT2D eigenvalue weighted by Crippen LogP contribution is -3.00. The first-order valence-corrected chi connectivity index (χ1v) is 12.2. The van der Waals surface area contributed by atoms with Gasteiger partial charge in [0.05, 0.1) is 0 Å². The fourth-order valence-corrected chi connectivity index (χ4v) is 5.09. The molecule has 33 heavy (non-hydrogen) atoms. The van der Waals surface area contributed by atoms with Crippen LogP contribution in [0.3, 0.4) is 0 Å². The van der Waals surface area contributed by atoms with Crippen LogP contribution in [0.15, 0.2) is 30.6 Å². The quantitative estimate of drug-likeness (QED) is 0.464. The number of rotatable bonds is 6. The van der Waals surface area contributed by atoms with Gasteiger partial charge in [-0.2, -0.15) is 4.57 Å². The third-order valence-corrected chi connectivity index (χ3v) is 7.03. The molecular formula is C30H43ClN2. The van der Waals surface area contributed by atoms with Gasteiger partial charge in [0.2, 0.25) is 6.33 Å². The molecular weight excluding hydrogens is 424 g/mol. The van der Waals surface area contributed by atoms with Gasteiger partial charge >= 0.3 is 0 Å². The van der Waals surface area contributed by atoms with Gasteiger partial charge in [-0.1, -0.05) is 71.4 Å². The van der Waals surface area contributed by atoms with Crippen molar-refractivity contribution in [1.82, 2.24) is 4.57 Å². The molecule has 3 heteroatoms. The summed E-state index contributed by atoms with van der Waals surface area (Å²) in [5.41, 5.74) is 13.9. The molecule has 0 fully saturated rings. The Kier molecular flexibility index (Phi) is 8.63. The van der Waals surface area contributed by atoms with E-state index in [0.717, 1.165) is 6.54 Å². The first-order valence-electron chi connectivity index (χ1n) is 12.2. The number of nitrogens with zero attached hydrogens (tertiary/aromatic N) is 2. The van der Waals surface area contributed by atoms with Crippen LogP contribution in [0.4, 0.5) is 0 Å². The van der Waals surface area contributed by atoms with Gasteiger partial charge in [-0.15, -0.1) is 0 Å². The van der Waals surface area contributed by atoms with E-state index in [9.17, 15) is 0 Å². The van der Waals surface area contributed by atoms with Gasteiger partial charge in [0.1, 0.15) is 23.6 Å². The Morgan fingerprint density at radius 2 is 1.21 bits per heavy atom. The predicted octanol–water partition coefficient (Wildman–Crippen LogP) is 4.73. The van der Waals surface area contributed by atoms with Crippen LogP contribution < -0.4 is 17.0 Å². The normalized spacial score (nSPS) is 11.6. The Hall–Kier alpha value is -2.06. The maximum Gasteiger partial charge on any atom is 0.249 e. The Morgan fingerprint density at radius 1 is 0.727 bits per heavy atom. The molecule has 180 valence electrons. The SMILES string of the molecule is Cc1cc(C)c(-n2c[n+](Cc3c(C(C)C)cc(C(C)C)cc3C(C)C)c(C)c2C)c(C)c1.[Cl-]. The second kappa shape index (κ2) is 10.5. The molecule has 0 unspecified atom stereocenters. The van der Waals surface area contributed by atoms with Crippen molar-refractivity contribution in [2.75, 3.05) is 0 Å². The highest BCUT2D eigenvalue weighted by atomic mass is 35.5. The van der Waals surface area contributed by atoms with E-state index >= 15 is 0 Å². The summed E-state index contributed by atoms with van der Waals surface area (Å²) in [5, 5.41) is 0. The number of halogens is 1. The van der Waals surface area contributed by atoms with Crippen LogP contribution in [0.5, 0.6) is 0 Å². The lowest BCUT2D eigenvalue weighted by molar-refractivity contribution is -0.693. The molecule has 0 bridgehead atoms. The van der Waals surface area contributed by atoms with E-state index in [2.05, 4.69) is 116 Å². The highest BCUT2D eigenvalue weighted by molar-refractivity contribution is 5.50. The van der Waals surface area contributed by atoms with Crippen molar-refractivity contribution in [2.24, 2.45) is 0 Å². The minimum absolute atomic E-state index is 0.